The van der Waals surface area contributed by atoms with Gasteiger partial charge in [0.15, 0.2) is 5.13 Å². The van der Waals surface area contributed by atoms with E-state index in [4.69, 9.17) is 4.74 Å². The Hall–Kier alpha value is -1.72. The van der Waals surface area contributed by atoms with Crippen molar-refractivity contribution in [3.63, 3.8) is 0 Å². The molecule has 0 radical (unpaired) electrons. The zero-order valence-electron chi connectivity index (χ0n) is 11.9. The van der Waals surface area contributed by atoms with Crippen LogP contribution in [0.3, 0.4) is 0 Å². The van der Waals surface area contributed by atoms with Crippen LogP contribution in [-0.4, -0.2) is 17.5 Å². The van der Waals surface area contributed by atoms with Crippen LogP contribution in [0.5, 0.6) is 0 Å². The van der Waals surface area contributed by atoms with Crippen molar-refractivity contribution in [1.29, 1.82) is 0 Å². The first-order valence-corrected chi connectivity index (χ1v) is 7.95. The molecule has 2 unspecified atom stereocenters. The molecule has 2 aromatic rings. The average Bonchev–Trinajstić information content (AvgIpc) is 2.93. The molecule has 0 bridgehead atoms. The molecule has 1 aliphatic heterocycles. The number of nitrogens with one attached hydrogen (secondary N) is 1. The van der Waals surface area contributed by atoms with Crippen LogP contribution in [0.4, 0.5) is 5.13 Å². The molecular formula is C16H18N2O2S. The summed E-state index contributed by atoms with van der Waals surface area (Å²) < 4.78 is 5.86. The Labute approximate surface area is 128 Å². The van der Waals surface area contributed by atoms with E-state index in [9.17, 15) is 4.79 Å². The predicted octanol–water partition coefficient (Wildman–Crippen LogP) is 3.56. The molecule has 21 heavy (non-hydrogen) atoms. The second kappa shape index (κ2) is 6.37. The summed E-state index contributed by atoms with van der Waals surface area (Å²) in [6, 6.07) is 9.96. The van der Waals surface area contributed by atoms with Crippen LogP contribution in [0.1, 0.15) is 29.4 Å². The number of aromatic nitrogens is 1. The van der Waals surface area contributed by atoms with Gasteiger partial charge in [-0.05, 0) is 25.3 Å². The molecule has 1 amide bonds. The summed E-state index contributed by atoms with van der Waals surface area (Å²) in [4.78, 5) is 17.8. The van der Waals surface area contributed by atoms with Gasteiger partial charge >= 0.3 is 0 Å². The zero-order chi connectivity index (χ0) is 14.7. The standard InChI is InChI=1S/C16H18N2O2S/c1-11-10-17-16(21-11)18-15(19)13-8-5-9-20-14(13)12-6-3-2-4-7-12/h2-4,6-7,10,13-14H,5,8-9H2,1H3,(H,17,18,19). The fraction of sp³-hybridized carbons (Fsp3) is 0.375. The first-order valence-electron chi connectivity index (χ1n) is 7.14. The van der Waals surface area contributed by atoms with Crippen LogP contribution in [0.2, 0.25) is 0 Å². The lowest BCUT2D eigenvalue weighted by Gasteiger charge is -2.30. The minimum Gasteiger partial charge on any atom is -0.373 e. The minimum absolute atomic E-state index is 0.00194. The van der Waals surface area contributed by atoms with Crippen molar-refractivity contribution in [2.24, 2.45) is 5.92 Å². The zero-order valence-corrected chi connectivity index (χ0v) is 12.7. The van der Waals surface area contributed by atoms with Crippen LogP contribution >= 0.6 is 11.3 Å². The molecule has 1 saturated heterocycles. The largest absolute Gasteiger partial charge is 0.373 e. The Kier molecular flexibility index (Phi) is 4.31. The number of hydrogen-bond donors (Lipinski definition) is 1. The van der Waals surface area contributed by atoms with Crippen LogP contribution < -0.4 is 5.32 Å². The molecule has 1 aromatic heterocycles. The maximum absolute atomic E-state index is 12.5. The maximum atomic E-state index is 12.5. The van der Waals surface area contributed by atoms with Gasteiger partial charge in [-0.15, -0.1) is 11.3 Å². The van der Waals surface area contributed by atoms with Gasteiger partial charge in [0.25, 0.3) is 0 Å². The van der Waals surface area contributed by atoms with Gasteiger partial charge in [-0.3, -0.25) is 4.79 Å². The number of hydrogen-bond acceptors (Lipinski definition) is 4. The fourth-order valence-electron chi connectivity index (χ4n) is 2.63. The third-order valence-corrected chi connectivity index (χ3v) is 4.47. The Morgan fingerprint density at radius 2 is 2.19 bits per heavy atom. The lowest BCUT2D eigenvalue weighted by molar-refractivity contribution is -0.129. The highest BCUT2D eigenvalue weighted by molar-refractivity contribution is 7.15. The van der Waals surface area contributed by atoms with Crippen LogP contribution in [-0.2, 0) is 9.53 Å². The lowest BCUT2D eigenvalue weighted by Crippen LogP contribution is -2.33. The van der Waals surface area contributed by atoms with E-state index in [-0.39, 0.29) is 17.9 Å². The van der Waals surface area contributed by atoms with Gasteiger partial charge in [-0.1, -0.05) is 30.3 Å². The van der Waals surface area contributed by atoms with Crippen molar-refractivity contribution >= 4 is 22.4 Å². The molecule has 2 atom stereocenters. The van der Waals surface area contributed by atoms with E-state index < -0.39 is 0 Å². The topological polar surface area (TPSA) is 51.2 Å². The SMILES string of the molecule is Cc1cnc(NC(=O)C2CCCOC2c2ccccc2)s1. The van der Waals surface area contributed by atoms with Crippen LogP contribution in [0.25, 0.3) is 0 Å². The van der Waals surface area contributed by atoms with Gasteiger partial charge in [0.2, 0.25) is 5.91 Å². The summed E-state index contributed by atoms with van der Waals surface area (Å²) in [6.45, 7) is 2.68. The number of benzene rings is 1. The molecular weight excluding hydrogens is 284 g/mol. The third-order valence-electron chi connectivity index (χ3n) is 3.64. The Bertz CT molecular complexity index is 612. The predicted molar refractivity (Wildman–Crippen MR) is 83.3 cm³/mol. The summed E-state index contributed by atoms with van der Waals surface area (Å²) in [5.74, 6) is -0.164. The number of thiazole rings is 1. The van der Waals surface area contributed by atoms with Crippen LogP contribution in [0, 0.1) is 12.8 Å². The van der Waals surface area contributed by atoms with E-state index in [1.54, 1.807) is 6.20 Å². The molecule has 110 valence electrons. The van der Waals surface area contributed by atoms with E-state index in [2.05, 4.69) is 10.3 Å². The van der Waals surface area contributed by atoms with Crippen LogP contribution in [0.15, 0.2) is 36.5 Å². The summed E-state index contributed by atoms with van der Waals surface area (Å²) in [5.41, 5.74) is 1.06. The number of carbonyl (C=O) groups excluding carboxylic acids is 1. The Morgan fingerprint density at radius 1 is 1.38 bits per heavy atom. The summed E-state index contributed by atoms with van der Waals surface area (Å²) in [6.07, 6.45) is 3.36. The summed E-state index contributed by atoms with van der Waals surface area (Å²) >= 11 is 1.49. The van der Waals surface area contributed by atoms with E-state index in [0.717, 1.165) is 23.3 Å². The van der Waals surface area contributed by atoms with Gasteiger partial charge < -0.3 is 10.1 Å². The molecule has 4 nitrogen and oxygen atoms in total. The smallest absolute Gasteiger partial charge is 0.232 e. The fourth-order valence-corrected chi connectivity index (χ4v) is 3.30. The van der Waals surface area contributed by atoms with Crippen molar-refractivity contribution in [3.8, 4) is 0 Å². The van der Waals surface area contributed by atoms with Crippen molar-refractivity contribution in [1.82, 2.24) is 4.98 Å². The quantitative estimate of drug-likeness (QED) is 0.943. The maximum Gasteiger partial charge on any atom is 0.232 e. The average molecular weight is 302 g/mol. The van der Waals surface area contributed by atoms with Crippen molar-refractivity contribution in [2.45, 2.75) is 25.9 Å². The van der Waals surface area contributed by atoms with E-state index in [1.807, 2.05) is 37.3 Å². The number of rotatable bonds is 3. The second-order valence-electron chi connectivity index (χ2n) is 5.22. The third kappa shape index (κ3) is 3.31. The van der Waals surface area contributed by atoms with Gasteiger partial charge in [0.05, 0.1) is 12.0 Å². The molecule has 0 saturated carbocycles. The van der Waals surface area contributed by atoms with Crippen molar-refractivity contribution < 1.29 is 9.53 Å². The highest BCUT2D eigenvalue weighted by Crippen LogP contribution is 2.34. The summed E-state index contributed by atoms with van der Waals surface area (Å²) in [7, 11) is 0. The number of ether oxygens (including phenoxy) is 1. The molecule has 1 aliphatic rings. The molecule has 5 heteroatoms. The number of anilines is 1. The molecule has 0 aliphatic carbocycles. The number of aryl methyl sites for hydroxylation is 1. The monoisotopic (exact) mass is 302 g/mol. The summed E-state index contributed by atoms with van der Waals surface area (Å²) in [5, 5.41) is 3.58. The van der Waals surface area contributed by atoms with Crippen molar-refractivity contribution in [2.75, 3.05) is 11.9 Å². The highest BCUT2D eigenvalue weighted by Gasteiger charge is 2.33. The normalized spacial score (nSPS) is 22.0. The Balaban J connectivity index is 1.76. The minimum atomic E-state index is -0.166. The second-order valence-corrected chi connectivity index (χ2v) is 6.45. The number of amides is 1. The number of carbonyl (C=O) groups is 1. The van der Waals surface area contributed by atoms with E-state index in [1.165, 1.54) is 11.3 Å². The molecule has 1 aromatic carbocycles. The van der Waals surface area contributed by atoms with Gasteiger partial charge in [0, 0.05) is 17.7 Å². The highest BCUT2D eigenvalue weighted by atomic mass is 32.1. The van der Waals surface area contributed by atoms with Gasteiger partial charge in [0.1, 0.15) is 0 Å². The molecule has 1 N–H and O–H groups in total. The molecule has 2 heterocycles. The van der Waals surface area contributed by atoms with Gasteiger partial charge in [-0.2, -0.15) is 0 Å². The molecule has 3 rings (SSSR count). The van der Waals surface area contributed by atoms with Gasteiger partial charge in [-0.25, -0.2) is 4.98 Å². The Morgan fingerprint density at radius 3 is 2.90 bits per heavy atom. The molecule has 1 fully saturated rings. The van der Waals surface area contributed by atoms with Crippen molar-refractivity contribution in [3.05, 3.63) is 47.0 Å². The van der Waals surface area contributed by atoms with E-state index >= 15 is 0 Å². The van der Waals surface area contributed by atoms with E-state index in [0.29, 0.717) is 11.7 Å². The lowest BCUT2D eigenvalue weighted by atomic mass is 9.89. The number of nitrogens with zero attached hydrogens (tertiary/aromatic N) is 1. The first kappa shape index (κ1) is 14.2. The molecule has 0 spiro atoms. The first-order chi connectivity index (χ1) is 10.2.